The number of ether oxygens (including phenoxy) is 1. The van der Waals surface area contributed by atoms with Gasteiger partial charge in [0.05, 0.1) is 0 Å². The predicted octanol–water partition coefficient (Wildman–Crippen LogP) is 2.36. The Kier molecular flexibility index (Phi) is 5.74. The van der Waals surface area contributed by atoms with Crippen LogP contribution in [0.2, 0.25) is 0 Å². The molecule has 104 valence electrons. The molecule has 18 heavy (non-hydrogen) atoms. The first-order valence-corrected chi connectivity index (χ1v) is 5.76. The maximum atomic E-state index is 12.1. The van der Waals surface area contributed by atoms with Crippen LogP contribution in [-0.2, 0) is 19.0 Å². The Hall–Kier alpha value is -1.16. The molecule has 0 aromatic heterocycles. The summed E-state index contributed by atoms with van der Waals surface area (Å²) in [6.07, 6.45) is -1.62. The van der Waals surface area contributed by atoms with Crippen LogP contribution in [0.3, 0.4) is 0 Å². The summed E-state index contributed by atoms with van der Waals surface area (Å²) in [5, 5.41) is 0. The van der Waals surface area contributed by atoms with E-state index in [0.717, 1.165) is 7.11 Å². The van der Waals surface area contributed by atoms with Crippen molar-refractivity contribution in [2.45, 2.75) is 11.8 Å². The van der Waals surface area contributed by atoms with Crippen LogP contribution in [0.25, 0.3) is 0 Å². The summed E-state index contributed by atoms with van der Waals surface area (Å²) in [4.78, 5) is 0. The molecule has 0 saturated heterocycles. The SMILES string of the molecule is COC(OS(=O)(=O)C(F)(F)F)c1ccccc1.N. The van der Waals surface area contributed by atoms with Crippen molar-refractivity contribution in [1.29, 1.82) is 0 Å². The monoisotopic (exact) mass is 287 g/mol. The lowest BCUT2D eigenvalue weighted by molar-refractivity contribution is -0.0920. The second kappa shape index (κ2) is 6.14. The fourth-order valence-electron chi connectivity index (χ4n) is 1.01. The van der Waals surface area contributed by atoms with Crippen LogP contribution in [0, 0.1) is 0 Å². The maximum Gasteiger partial charge on any atom is 0.523 e. The first kappa shape index (κ1) is 16.8. The Labute approximate surface area is 102 Å². The van der Waals surface area contributed by atoms with Gasteiger partial charge < -0.3 is 10.9 Å². The molecule has 3 N–H and O–H groups in total. The van der Waals surface area contributed by atoms with Crippen molar-refractivity contribution in [1.82, 2.24) is 6.15 Å². The lowest BCUT2D eigenvalue weighted by Gasteiger charge is -2.17. The number of rotatable bonds is 4. The lowest BCUT2D eigenvalue weighted by Crippen LogP contribution is -2.27. The van der Waals surface area contributed by atoms with Crippen molar-refractivity contribution in [2.24, 2.45) is 0 Å². The largest absolute Gasteiger partial charge is 0.523 e. The molecule has 5 nitrogen and oxygen atoms in total. The van der Waals surface area contributed by atoms with E-state index >= 15 is 0 Å². The third-order valence-corrected chi connectivity index (χ3v) is 2.78. The van der Waals surface area contributed by atoms with Crippen molar-refractivity contribution in [3.63, 3.8) is 0 Å². The Balaban J connectivity index is 0.00000289. The van der Waals surface area contributed by atoms with E-state index < -0.39 is 21.9 Å². The van der Waals surface area contributed by atoms with Crippen LogP contribution in [0.4, 0.5) is 13.2 Å². The minimum atomic E-state index is -5.68. The zero-order chi connectivity index (χ0) is 13.1. The minimum Gasteiger partial charge on any atom is -0.351 e. The predicted molar refractivity (Wildman–Crippen MR) is 57.3 cm³/mol. The average molecular weight is 287 g/mol. The van der Waals surface area contributed by atoms with Crippen LogP contribution >= 0.6 is 0 Å². The van der Waals surface area contributed by atoms with Gasteiger partial charge in [0.2, 0.25) is 6.29 Å². The number of benzene rings is 1. The van der Waals surface area contributed by atoms with Gasteiger partial charge in [-0.1, -0.05) is 30.3 Å². The van der Waals surface area contributed by atoms with Crippen molar-refractivity contribution in [2.75, 3.05) is 7.11 Å². The average Bonchev–Trinajstić information content (AvgIpc) is 2.25. The van der Waals surface area contributed by atoms with Gasteiger partial charge in [0.25, 0.3) is 0 Å². The second-order valence-corrected chi connectivity index (χ2v) is 4.54. The number of hydrogen-bond acceptors (Lipinski definition) is 5. The van der Waals surface area contributed by atoms with Gasteiger partial charge in [-0.3, -0.25) is 0 Å². The second-order valence-electron chi connectivity index (χ2n) is 2.97. The van der Waals surface area contributed by atoms with Gasteiger partial charge in [-0.15, -0.1) is 0 Å². The van der Waals surface area contributed by atoms with Gasteiger partial charge in [0.15, 0.2) is 0 Å². The van der Waals surface area contributed by atoms with Gasteiger partial charge in [-0.25, -0.2) is 4.18 Å². The third kappa shape index (κ3) is 3.95. The molecule has 1 unspecified atom stereocenters. The molecule has 0 aliphatic carbocycles. The summed E-state index contributed by atoms with van der Waals surface area (Å²) in [5.41, 5.74) is -5.30. The summed E-state index contributed by atoms with van der Waals surface area (Å²) >= 11 is 0. The Morgan fingerprint density at radius 3 is 2.06 bits per heavy atom. The summed E-state index contributed by atoms with van der Waals surface area (Å²) in [6, 6.07) is 7.43. The zero-order valence-electron chi connectivity index (χ0n) is 9.35. The molecule has 0 heterocycles. The van der Waals surface area contributed by atoms with Gasteiger partial charge in [0, 0.05) is 12.7 Å². The smallest absolute Gasteiger partial charge is 0.351 e. The van der Waals surface area contributed by atoms with E-state index in [0.29, 0.717) is 0 Å². The molecule has 0 bridgehead atoms. The maximum absolute atomic E-state index is 12.1. The number of methoxy groups -OCH3 is 1. The molecule has 9 heteroatoms. The number of halogens is 3. The molecular formula is C9H12F3NO4S. The highest BCUT2D eigenvalue weighted by Gasteiger charge is 2.49. The van der Waals surface area contributed by atoms with Gasteiger partial charge in [-0.05, 0) is 0 Å². The molecule has 0 radical (unpaired) electrons. The van der Waals surface area contributed by atoms with Gasteiger partial charge in [0.1, 0.15) is 0 Å². The molecule has 1 aromatic rings. The van der Waals surface area contributed by atoms with Crippen LogP contribution in [0.5, 0.6) is 0 Å². The molecule has 0 amide bonds. The Bertz CT molecular complexity index is 460. The van der Waals surface area contributed by atoms with E-state index in [9.17, 15) is 21.6 Å². The molecule has 1 aromatic carbocycles. The van der Waals surface area contributed by atoms with E-state index in [1.54, 1.807) is 6.07 Å². The van der Waals surface area contributed by atoms with Crippen LogP contribution in [0.15, 0.2) is 30.3 Å². The summed E-state index contributed by atoms with van der Waals surface area (Å²) in [5.74, 6) is 0. The molecule has 0 aliphatic heterocycles. The lowest BCUT2D eigenvalue weighted by atomic mass is 10.2. The zero-order valence-corrected chi connectivity index (χ0v) is 10.2. The first-order chi connectivity index (χ1) is 7.78. The van der Waals surface area contributed by atoms with Crippen molar-refractivity contribution >= 4 is 10.1 Å². The van der Waals surface area contributed by atoms with Crippen molar-refractivity contribution in [3.05, 3.63) is 35.9 Å². The molecule has 0 saturated carbocycles. The molecule has 0 aliphatic rings. The standard InChI is InChI=1S/C9H9F3O4S.H3N/c1-15-8(7-5-3-2-4-6-7)16-17(13,14)9(10,11)12;/h2-6,8H,1H3;1H3. The Morgan fingerprint density at radius 1 is 1.17 bits per heavy atom. The normalized spacial score (nSPS) is 13.8. The highest BCUT2D eigenvalue weighted by molar-refractivity contribution is 7.87. The van der Waals surface area contributed by atoms with Crippen LogP contribution in [-0.4, -0.2) is 21.0 Å². The fraction of sp³-hybridized carbons (Fsp3) is 0.333. The highest BCUT2D eigenvalue weighted by Crippen LogP contribution is 2.30. The van der Waals surface area contributed by atoms with Gasteiger partial charge >= 0.3 is 15.6 Å². The first-order valence-electron chi connectivity index (χ1n) is 4.35. The van der Waals surface area contributed by atoms with Crippen molar-refractivity contribution < 1.29 is 30.5 Å². The Morgan fingerprint density at radius 2 is 1.67 bits per heavy atom. The van der Waals surface area contributed by atoms with E-state index in [2.05, 4.69) is 8.92 Å². The molecular weight excluding hydrogens is 275 g/mol. The molecule has 1 atom stereocenters. The summed E-state index contributed by atoms with van der Waals surface area (Å²) in [6.45, 7) is 0. The van der Waals surface area contributed by atoms with Crippen LogP contribution < -0.4 is 6.15 Å². The third-order valence-electron chi connectivity index (χ3n) is 1.78. The van der Waals surface area contributed by atoms with Crippen molar-refractivity contribution in [3.8, 4) is 0 Å². The fourth-order valence-corrected chi connectivity index (χ4v) is 1.54. The minimum absolute atomic E-state index is 0. The molecule has 0 fully saturated rings. The topological polar surface area (TPSA) is 87.6 Å². The van der Waals surface area contributed by atoms with Gasteiger partial charge in [-0.2, -0.15) is 21.6 Å². The number of hydrogen-bond donors (Lipinski definition) is 1. The summed E-state index contributed by atoms with van der Waals surface area (Å²) in [7, 11) is -4.64. The van der Waals surface area contributed by atoms with Crippen LogP contribution in [0.1, 0.15) is 11.9 Å². The van der Waals surface area contributed by atoms with E-state index in [1.807, 2.05) is 0 Å². The number of alkyl halides is 3. The molecule has 1 rings (SSSR count). The van der Waals surface area contributed by atoms with E-state index in [-0.39, 0.29) is 11.7 Å². The highest BCUT2D eigenvalue weighted by atomic mass is 32.2. The molecule has 0 spiro atoms. The quantitative estimate of drug-likeness (QED) is 0.522. The summed E-state index contributed by atoms with van der Waals surface area (Å²) < 4.78 is 66.3. The van der Waals surface area contributed by atoms with E-state index in [1.165, 1.54) is 24.3 Å². The van der Waals surface area contributed by atoms with E-state index in [4.69, 9.17) is 0 Å².